The Morgan fingerprint density at radius 3 is 2.32 bits per heavy atom. The average molecular weight is 330 g/mol. The number of hydrogen-bond donors (Lipinski definition) is 2. The third-order valence-corrected chi connectivity index (χ3v) is 4.76. The van der Waals surface area contributed by atoms with E-state index in [1.807, 2.05) is 24.3 Å². The number of hydrogen-bond acceptors (Lipinski definition) is 2. The molecule has 0 heterocycles. The van der Waals surface area contributed by atoms with Crippen LogP contribution in [-0.4, -0.2) is 5.91 Å². The second-order valence-corrected chi connectivity index (χ2v) is 6.81. The summed E-state index contributed by atoms with van der Waals surface area (Å²) in [4.78, 5) is 11.8. The van der Waals surface area contributed by atoms with Gasteiger partial charge in [-0.15, -0.1) is 0 Å². The lowest BCUT2D eigenvalue weighted by molar-refractivity contribution is -0.117. The fourth-order valence-corrected chi connectivity index (χ4v) is 3.05. The maximum atomic E-state index is 11.8. The van der Waals surface area contributed by atoms with Crippen LogP contribution in [0, 0.1) is 5.92 Å². The first-order valence-corrected chi connectivity index (χ1v) is 8.85. The molecule has 1 unspecified atom stereocenters. The van der Waals surface area contributed by atoms with E-state index in [1.54, 1.807) is 0 Å². The smallest absolute Gasteiger partial charge is 0.227 e. The molecule has 3 nitrogen and oxygen atoms in total. The van der Waals surface area contributed by atoms with Crippen LogP contribution >= 0.6 is 0 Å². The summed E-state index contributed by atoms with van der Waals surface area (Å²) in [6.45, 7) is 2.16. The van der Waals surface area contributed by atoms with Crippen molar-refractivity contribution in [3.8, 4) is 0 Å². The van der Waals surface area contributed by atoms with Gasteiger partial charge >= 0.3 is 0 Å². The summed E-state index contributed by atoms with van der Waals surface area (Å²) in [6, 6.07) is 23.1. The first kappa shape index (κ1) is 15.7. The molecule has 3 heteroatoms. The Balaban J connectivity index is 1.43. The topological polar surface area (TPSA) is 41.1 Å². The number of nitrogens with one attached hydrogen (secondary N) is 2. The maximum Gasteiger partial charge on any atom is 0.227 e. The van der Waals surface area contributed by atoms with Crippen LogP contribution in [0.15, 0.2) is 66.7 Å². The van der Waals surface area contributed by atoms with Gasteiger partial charge in [0.1, 0.15) is 0 Å². The molecule has 4 rings (SSSR count). The fourth-order valence-electron chi connectivity index (χ4n) is 3.05. The highest BCUT2D eigenvalue weighted by Crippen LogP contribution is 2.30. The number of benzene rings is 3. The lowest BCUT2D eigenvalue weighted by atomic mass is 10.0. The molecule has 1 fully saturated rings. The van der Waals surface area contributed by atoms with Crippen molar-refractivity contribution in [2.45, 2.75) is 25.8 Å². The number of amides is 1. The highest BCUT2D eigenvalue weighted by molar-refractivity contribution is 5.94. The molecule has 3 aromatic carbocycles. The largest absolute Gasteiger partial charge is 0.379 e. The minimum absolute atomic E-state index is 0.144. The van der Waals surface area contributed by atoms with Crippen molar-refractivity contribution in [2.24, 2.45) is 5.92 Å². The van der Waals surface area contributed by atoms with Crippen LogP contribution in [0.1, 0.15) is 31.4 Å². The molecule has 1 atom stereocenters. The van der Waals surface area contributed by atoms with Crippen molar-refractivity contribution in [3.05, 3.63) is 72.3 Å². The molecule has 0 saturated heterocycles. The Labute approximate surface area is 148 Å². The number of carbonyl (C=O) groups is 1. The zero-order valence-electron chi connectivity index (χ0n) is 14.3. The molecule has 1 saturated carbocycles. The number of fused-ring (bicyclic) bond motifs is 1. The second-order valence-electron chi connectivity index (χ2n) is 6.81. The molecule has 0 radical (unpaired) electrons. The summed E-state index contributed by atoms with van der Waals surface area (Å²) in [5.41, 5.74) is 3.16. The summed E-state index contributed by atoms with van der Waals surface area (Å²) in [5, 5.41) is 9.01. The van der Waals surface area contributed by atoms with Gasteiger partial charge in [-0.2, -0.15) is 0 Å². The second kappa shape index (κ2) is 6.60. The first-order valence-electron chi connectivity index (χ1n) is 8.85. The van der Waals surface area contributed by atoms with E-state index in [0.717, 1.165) is 24.2 Å². The summed E-state index contributed by atoms with van der Waals surface area (Å²) in [7, 11) is 0. The van der Waals surface area contributed by atoms with Gasteiger partial charge in [0, 0.05) is 23.3 Å². The summed E-state index contributed by atoms with van der Waals surface area (Å²) >= 11 is 0. The monoisotopic (exact) mass is 330 g/mol. The van der Waals surface area contributed by atoms with Crippen molar-refractivity contribution in [1.29, 1.82) is 0 Å². The third-order valence-electron chi connectivity index (χ3n) is 4.76. The molecule has 1 aliphatic carbocycles. The first-order chi connectivity index (χ1) is 12.2. The third kappa shape index (κ3) is 3.66. The van der Waals surface area contributed by atoms with Gasteiger partial charge in [-0.3, -0.25) is 4.79 Å². The van der Waals surface area contributed by atoms with Crippen molar-refractivity contribution in [3.63, 3.8) is 0 Å². The van der Waals surface area contributed by atoms with Gasteiger partial charge in [-0.05, 0) is 66.4 Å². The normalized spacial score (nSPS) is 14.9. The Bertz CT molecular complexity index is 897. The number of anilines is 2. The van der Waals surface area contributed by atoms with Crippen LogP contribution in [0.4, 0.5) is 11.4 Å². The minimum Gasteiger partial charge on any atom is -0.379 e. The van der Waals surface area contributed by atoms with Gasteiger partial charge in [0.15, 0.2) is 0 Å². The lowest BCUT2D eigenvalue weighted by Gasteiger charge is -2.17. The Morgan fingerprint density at radius 1 is 0.920 bits per heavy atom. The van der Waals surface area contributed by atoms with Gasteiger partial charge in [-0.1, -0.05) is 36.4 Å². The highest BCUT2D eigenvalue weighted by atomic mass is 16.2. The minimum atomic E-state index is 0.144. The molecule has 0 aromatic heterocycles. The molecule has 25 heavy (non-hydrogen) atoms. The standard InChI is InChI=1S/C22H22N2O/c1-15(18-9-6-16-4-2-3-5-19(16)14-18)23-20-10-12-21(13-11-20)24-22(25)17-7-8-17/h2-6,9-15,17,23H,7-8H2,1H3,(H,24,25). The predicted octanol–water partition coefficient (Wildman–Crippen LogP) is 5.36. The zero-order valence-corrected chi connectivity index (χ0v) is 14.3. The Morgan fingerprint density at radius 2 is 1.60 bits per heavy atom. The van der Waals surface area contributed by atoms with E-state index in [-0.39, 0.29) is 17.9 Å². The van der Waals surface area contributed by atoms with Gasteiger partial charge in [-0.25, -0.2) is 0 Å². The van der Waals surface area contributed by atoms with Gasteiger partial charge in [0.2, 0.25) is 5.91 Å². The Kier molecular flexibility index (Phi) is 4.14. The quantitative estimate of drug-likeness (QED) is 0.661. The molecule has 2 N–H and O–H groups in total. The molecule has 126 valence electrons. The molecule has 1 aliphatic rings. The van der Waals surface area contributed by atoms with E-state index < -0.39 is 0 Å². The molecule has 0 aliphatic heterocycles. The van der Waals surface area contributed by atoms with Crippen LogP contribution in [0.25, 0.3) is 10.8 Å². The number of rotatable bonds is 5. The fraction of sp³-hybridized carbons (Fsp3) is 0.227. The molecule has 3 aromatic rings. The van der Waals surface area contributed by atoms with E-state index in [0.29, 0.717) is 0 Å². The van der Waals surface area contributed by atoms with Crippen LogP contribution in [-0.2, 0) is 4.79 Å². The average Bonchev–Trinajstić information content (AvgIpc) is 3.48. The van der Waals surface area contributed by atoms with Crippen LogP contribution in [0.5, 0.6) is 0 Å². The van der Waals surface area contributed by atoms with Gasteiger partial charge < -0.3 is 10.6 Å². The predicted molar refractivity (Wildman–Crippen MR) is 104 cm³/mol. The van der Waals surface area contributed by atoms with E-state index in [4.69, 9.17) is 0 Å². The maximum absolute atomic E-state index is 11.8. The summed E-state index contributed by atoms with van der Waals surface area (Å²) in [5.74, 6) is 0.371. The zero-order chi connectivity index (χ0) is 17.2. The SMILES string of the molecule is CC(Nc1ccc(NC(=O)C2CC2)cc1)c1ccc2ccccc2c1. The Hall–Kier alpha value is -2.81. The van der Waals surface area contributed by atoms with E-state index in [2.05, 4.69) is 60.0 Å². The molecular weight excluding hydrogens is 308 g/mol. The van der Waals surface area contributed by atoms with Crippen LogP contribution in [0.2, 0.25) is 0 Å². The molecule has 1 amide bonds. The van der Waals surface area contributed by atoms with E-state index in [1.165, 1.54) is 16.3 Å². The molecule has 0 spiro atoms. The number of carbonyl (C=O) groups excluding carboxylic acids is 1. The van der Waals surface area contributed by atoms with E-state index >= 15 is 0 Å². The molecule has 0 bridgehead atoms. The highest BCUT2D eigenvalue weighted by Gasteiger charge is 2.29. The van der Waals surface area contributed by atoms with Crippen molar-refractivity contribution < 1.29 is 4.79 Å². The van der Waals surface area contributed by atoms with Crippen molar-refractivity contribution in [1.82, 2.24) is 0 Å². The molecular formula is C22H22N2O. The van der Waals surface area contributed by atoms with Crippen LogP contribution in [0.3, 0.4) is 0 Å². The van der Waals surface area contributed by atoms with Gasteiger partial charge in [0.25, 0.3) is 0 Å². The summed E-state index contributed by atoms with van der Waals surface area (Å²) < 4.78 is 0. The lowest BCUT2D eigenvalue weighted by Crippen LogP contribution is -2.13. The van der Waals surface area contributed by atoms with Crippen molar-refractivity contribution in [2.75, 3.05) is 10.6 Å². The van der Waals surface area contributed by atoms with E-state index in [9.17, 15) is 4.79 Å². The van der Waals surface area contributed by atoms with Crippen molar-refractivity contribution >= 4 is 28.1 Å². The van der Waals surface area contributed by atoms with Gasteiger partial charge in [0.05, 0.1) is 0 Å². The van der Waals surface area contributed by atoms with Crippen LogP contribution < -0.4 is 10.6 Å². The summed E-state index contributed by atoms with van der Waals surface area (Å²) in [6.07, 6.45) is 2.05.